The minimum atomic E-state index is -0.138. The van der Waals surface area contributed by atoms with E-state index in [2.05, 4.69) is 19.9 Å². The summed E-state index contributed by atoms with van der Waals surface area (Å²) in [6.07, 6.45) is 2.31. The van der Waals surface area contributed by atoms with E-state index in [-0.39, 0.29) is 5.91 Å². The zero-order chi connectivity index (χ0) is 16.2. The molecule has 118 valence electrons. The fraction of sp³-hybridized carbons (Fsp3) is 0.235. The minimum Gasteiger partial charge on any atom is -0.355 e. The van der Waals surface area contributed by atoms with Gasteiger partial charge in [0, 0.05) is 19.7 Å². The van der Waals surface area contributed by atoms with E-state index in [1.807, 2.05) is 30.3 Å². The molecule has 0 spiro atoms. The molecule has 0 atom stereocenters. The van der Waals surface area contributed by atoms with Crippen molar-refractivity contribution in [1.82, 2.24) is 19.9 Å². The fourth-order valence-corrected chi connectivity index (χ4v) is 2.58. The first-order chi connectivity index (χ1) is 11.2. The standard InChI is InChI=1S/C17H19N5O/c1-19-17(23)12-6-7-13(20-10-12)11-22-15-5-3-2-4-14(15)21-16(22)8-9-18/h2-7,10H,8-9,11,18H2,1H3,(H,19,23). The van der Waals surface area contributed by atoms with Crippen LogP contribution < -0.4 is 11.1 Å². The molecule has 0 aliphatic heterocycles. The van der Waals surface area contributed by atoms with E-state index >= 15 is 0 Å². The summed E-state index contributed by atoms with van der Waals surface area (Å²) in [6, 6.07) is 11.7. The van der Waals surface area contributed by atoms with Gasteiger partial charge in [-0.25, -0.2) is 4.98 Å². The average molecular weight is 309 g/mol. The average Bonchev–Trinajstić information content (AvgIpc) is 2.93. The predicted molar refractivity (Wildman–Crippen MR) is 89.2 cm³/mol. The number of nitrogens with zero attached hydrogens (tertiary/aromatic N) is 3. The number of carbonyl (C=O) groups is 1. The Labute approximate surface area is 134 Å². The molecule has 6 nitrogen and oxygen atoms in total. The number of imidazole rings is 1. The summed E-state index contributed by atoms with van der Waals surface area (Å²) < 4.78 is 2.13. The highest BCUT2D eigenvalue weighted by molar-refractivity contribution is 5.93. The Morgan fingerprint density at radius 2 is 2.09 bits per heavy atom. The second-order valence-electron chi connectivity index (χ2n) is 5.26. The van der Waals surface area contributed by atoms with Crippen molar-refractivity contribution in [1.29, 1.82) is 0 Å². The van der Waals surface area contributed by atoms with Crippen molar-refractivity contribution in [2.45, 2.75) is 13.0 Å². The van der Waals surface area contributed by atoms with Crippen molar-refractivity contribution in [2.24, 2.45) is 5.73 Å². The van der Waals surface area contributed by atoms with Crippen LogP contribution in [0.3, 0.4) is 0 Å². The van der Waals surface area contributed by atoms with Crippen LogP contribution >= 0.6 is 0 Å². The van der Waals surface area contributed by atoms with Crippen LogP contribution in [0.15, 0.2) is 42.6 Å². The monoisotopic (exact) mass is 309 g/mol. The maximum absolute atomic E-state index is 11.6. The number of pyridine rings is 1. The molecule has 1 amide bonds. The van der Waals surface area contributed by atoms with E-state index in [0.29, 0.717) is 25.1 Å². The van der Waals surface area contributed by atoms with Gasteiger partial charge in [0.25, 0.3) is 5.91 Å². The Balaban J connectivity index is 1.94. The number of hydrogen-bond donors (Lipinski definition) is 2. The Hall–Kier alpha value is -2.73. The molecule has 0 fully saturated rings. The van der Waals surface area contributed by atoms with Crippen LogP contribution in [0, 0.1) is 0 Å². The maximum atomic E-state index is 11.6. The van der Waals surface area contributed by atoms with Gasteiger partial charge in [-0.2, -0.15) is 0 Å². The predicted octanol–water partition coefficient (Wildman–Crippen LogP) is 1.34. The molecule has 3 N–H and O–H groups in total. The second kappa shape index (κ2) is 6.58. The lowest BCUT2D eigenvalue weighted by Gasteiger charge is -2.09. The third kappa shape index (κ3) is 3.07. The van der Waals surface area contributed by atoms with Crippen molar-refractivity contribution in [3.8, 4) is 0 Å². The molecule has 0 aliphatic rings. The topological polar surface area (TPSA) is 85.8 Å². The fourth-order valence-electron chi connectivity index (χ4n) is 2.58. The van der Waals surface area contributed by atoms with Crippen LogP contribution in [0.1, 0.15) is 21.9 Å². The summed E-state index contributed by atoms with van der Waals surface area (Å²) >= 11 is 0. The Morgan fingerprint density at radius 1 is 1.26 bits per heavy atom. The molecule has 23 heavy (non-hydrogen) atoms. The van der Waals surface area contributed by atoms with Gasteiger partial charge in [0.05, 0.1) is 28.8 Å². The summed E-state index contributed by atoms with van der Waals surface area (Å²) in [5, 5.41) is 2.59. The maximum Gasteiger partial charge on any atom is 0.252 e. The van der Waals surface area contributed by atoms with Crippen molar-refractivity contribution in [3.05, 3.63) is 59.7 Å². The van der Waals surface area contributed by atoms with E-state index in [1.54, 1.807) is 19.3 Å². The number of amides is 1. The number of carbonyl (C=O) groups excluding carboxylic acids is 1. The molecule has 1 aromatic carbocycles. The van der Waals surface area contributed by atoms with Gasteiger partial charge in [0.2, 0.25) is 0 Å². The van der Waals surface area contributed by atoms with Gasteiger partial charge in [-0.1, -0.05) is 12.1 Å². The Bertz CT molecular complexity index is 823. The minimum absolute atomic E-state index is 0.138. The van der Waals surface area contributed by atoms with E-state index in [1.165, 1.54) is 0 Å². The molecular weight excluding hydrogens is 290 g/mol. The first-order valence-corrected chi connectivity index (χ1v) is 7.54. The molecule has 2 aromatic heterocycles. The van der Waals surface area contributed by atoms with Gasteiger partial charge in [0.15, 0.2) is 0 Å². The first-order valence-electron chi connectivity index (χ1n) is 7.54. The third-order valence-corrected chi connectivity index (χ3v) is 3.74. The summed E-state index contributed by atoms with van der Waals surface area (Å²) in [5.41, 5.74) is 9.14. The number of para-hydroxylation sites is 2. The lowest BCUT2D eigenvalue weighted by molar-refractivity contribution is 0.0962. The SMILES string of the molecule is CNC(=O)c1ccc(Cn2c(CCN)nc3ccccc32)nc1. The highest BCUT2D eigenvalue weighted by Crippen LogP contribution is 2.17. The van der Waals surface area contributed by atoms with Crippen LogP contribution in [0.5, 0.6) is 0 Å². The van der Waals surface area contributed by atoms with Gasteiger partial charge in [0.1, 0.15) is 5.82 Å². The smallest absolute Gasteiger partial charge is 0.252 e. The van der Waals surface area contributed by atoms with Gasteiger partial charge in [-0.3, -0.25) is 9.78 Å². The third-order valence-electron chi connectivity index (χ3n) is 3.74. The molecular formula is C17H19N5O. The van der Waals surface area contributed by atoms with E-state index in [4.69, 9.17) is 5.73 Å². The zero-order valence-electron chi connectivity index (χ0n) is 13.0. The lowest BCUT2D eigenvalue weighted by Crippen LogP contribution is -2.18. The highest BCUT2D eigenvalue weighted by Gasteiger charge is 2.11. The van der Waals surface area contributed by atoms with Crippen LogP contribution in [-0.4, -0.2) is 34.0 Å². The molecule has 0 saturated heterocycles. The first kappa shape index (κ1) is 15.2. The van der Waals surface area contributed by atoms with E-state index in [0.717, 1.165) is 22.6 Å². The number of nitrogens with two attached hydrogens (primary N) is 1. The summed E-state index contributed by atoms with van der Waals surface area (Å²) in [7, 11) is 1.60. The van der Waals surface area contributed by atoms with Crippen LogP contribution in [-0.2, 0) is 13.0 Å². The molecule has 3 rings (SSSR count). The Kier molecular flexibility index (Phi) is 4.34. The molecule has 0 aliphatic carbocycles. The van der Waals surface area contributed by atoms with Crippen molar-refractivity contribution in [3.63, 3.8) is 0 Å². The van der Waals surface area contributed by atoms with E-state index < -0.39 is 0 Å². The quantitative estimate of drug-likeness (QED) is 0.745. The molecule has 0 saturated carbocycles. The zero-order valence-corrected chi connectivity index (χ0v) is 13.0. The normalized spacial score (nSPS) is 10.9. The van der Waals surface area contributed by atoms with Gasteiger partial charge in [-0.15, -0.1) is 0 Å². The second-order valence-corrected chi connectivity index (χ2v) is 5.26. The van der Waals surface area contributed by atoms with Crippen LogP contribution in [0.2, 0.25) is 0 Å². The number of rotatable bonds is 5. The largest absolute Gasteiger partial charge is 0.355 e. The molecule has 2 heterocycles. The summed E-state index contributed by atoms with van der Waals surface area (Å²) in [6.45, 7) is 1.15. The van der Waals surface area contributed by atoms with Crippen LogP contribution in [0.4, 0.5) is 0 Å². The van der Waals surface area contributed by atoms with Gasteiger partial charge >= 0.3 is 0 Å². The van der Waals surface area contributed by atoms with Crippen molar-refractivity contribution < 1.29 is 4.79 Å². The number of fused-ring (bicyclic) bond motifs is 1. The van der Waals surface area contributed by atoms with Gasteiger partial charge < -0.3 is 15.6 Å². The molecule has 0 radical (unpaired) electrons. The molecule has 0 unspecified atom stereocenters. The van der Waals surface area contributed by atoms with Crippen molar-refractivity contribution in [2.75, 3.05) is 13.6 Å². The molecule has 3 aromatic rings. The lowest BCUT2D eigenvalue weighted by atomic mass is 10.2. The number of hydrogen-bond acceptors (Lipinski definition) is 4. The number of aromatic nitrogens is 3. The molecule has 6 heteroatoms. The Morgan fingerprint density at radius 3 is 2.78 bits per heavy atom. The summed E-state index contributed by atoms with van der Waals surface area (Å²) in [4.78, 5) is 20.6. The van der Waals surface area contributed by atoms with Crippen molar-refractivity contribution >= 4 is 16.9 Å². The van der Waals surface area contributed by atoms with E-state index in [9.17, 15) is 4.79 Å². The summed E-state index contributed by atoms with van der Waals surface area (Å²) in [5.74, 6) is 0.812. The van der Waals surface area contributed by atoms with Gasteiger partial charge in [-0.05, 0) is 30.8 Å². The number of nitrogens with one attached hydrogen (secondary N) is 1. The number of benzene rings is 1. The van der Waals surface area contributed by atoms with Crippen LogP contribution in [0.25, 0.3) is 11.0 Å². The molecule has 0 bridgehead atoms. The highest BCUT2D eigenvalue weighted by atomic mass is 16.1.